The van der Waals surface area contributed by atoms with Crippen LogP contribution in [-0.4, -0.2) is 45.1 Å². The van der Waals surface area contributed by atoms with Crippen LogP contribution in [0.25, 0.3) is 22.3 Å². The summed E-state index contributed by atoms with van der Waals surface area (Å²) < 4.78 is 6.19. The van der Waals surface area contributed by atoms with E-state index in [1.165, 1.54) is 6.20 Å². The van der Waals surface area contributed by atoms with Crippen LogP contribution < -0.4 is 16.4 Å². The van der Waals surface area contributed by atoms with Gasteiger partial charge in [0.2, 0.25) is 0 Å². The Bertz CT molecular complexity index is 1120. The van der Waals surface area contributed by atoms with Gasteiger partial charge in [0.15, 0.2) is 5.69 Å². The van der Waals surface area contributed by atoms with E-state index in [-0.39, 0.29) is 11.7 Å². The van der Waals surface area contributed by atoms with Gasteiger partial charge in [0.05, 0.1) is 11.9 Å². The zero-order chi connectivity index (χ0) is 22.8. The predicted molar refractivity (Wildman–Crippen MR) is 123 cm³/mol. The second kappa shape index (κ2) is 8.93. The van der Waals surface area contributed by atoms with Crippen LogP contribution in [0.1, 0.15) is 38.2 Å². The number of rotatable bonds is 6. The van der Waals surface area contributed by atoms with Gasteiger partial charge in [-0.25, -0.2) is 14.8 Å². The van der Waals surface area contributed by atoms with E-state index in [2.05, 4.69) is 41.5 Å². The molecule has 0 saturated heterocycles. The first-order valence-electron chi connectivity index (χ1n) is 9.71. The summed E-state index contributed by atoms with van der Waals surface area (Å²) >= 11 is 3.45. The Balaban J connectivity index is 1.78. The number of aromatic amines is 1. The second-order valence-corrected chi connectivity index (χ2v) is 9.08. The number of ether oxygens (including phenoxy) is 1. The molecule has 0 radical (unpaired) electrons. The van der Waals surface area contributed by atoms with Gasteiger partial charge in [0.1, 0.15) is 17.1 Å². The Hall–Kier alpha value is -3.14. The number of carbonyl (C=O) groups is 2. The minimum absolute atomic E-state index is 0.0658. The summed E-state index contributed by atoms with van der Waals surface area (Å²) in [6, 6.07) is 7.44. The molecule has 2 amide bonds. The molecule has 5 N–H and O–H groups in total. The third kappa shape index (κ3) is 5.94. The summed E-state index contributed by atoms with van der Waals surface area (Å²) in [5.41, 5.74) is 6.86. The molecule has 2 aromatic heterocycles. The largest absolute Gasteiger partial charge is 0.444 e. The van der Waals surface area contributed by atoms with Crippen molar-refractivity contribution in [1.82, 2.24) is 20.3 Å². The molecule has 0 unspecified atom stereocenters. The van der Waals surface area contributed by atoms with Crippen molar-refractivity contribution in [1.29, 1.82) is 0 Å². The monoisotopic (exact) mass is 488 g/mol. The summed E-state index contributed by atoms with van der Waals surface area (Å²) in [5.74, 6) is -0.230. The SMILES string of the molecule is C[C@@H](CNc1cnc(C(N)=O)c(-c2cc3cc(Br)ccc3[nH]2)n1)NC(=O)OC(C)(C)C. The summed E-state index contributed by atoms with van der Waals surface area (Å²) in [6.07, 6.45) is 0.935. The molecule has 0 spiro atoms. The molecule has 0 bridgehead atoms. The minimum atomic E-state index is -0.672. The molecule has 3 aromatic rings. The van der Waals surface area contributed by atoms with Gasteiger partial charge in [-0.3, -0.25) is 4.79 Å². The molecule has 9 nitrogen and oxygen atoms in total. The Kier molecular flexibility index (Phi) is 6.49. The van der Waals surface area contributed by atoms with Gasteiger partial charge >= 0.3 is 6.09 Å². The lowest BCUT2D eigenvalue weighted by molar-refractivity contribution is 0.0511. The van der Waals surface area contributed by atoms with E-state index in [1.54, 1.807) is 20.8 Å². The van der Waals surface area contributed by atoms with Crippen molar-refractivity contribution < 1.29 is 14.3 Å². The summed E-state index contributed by atoms with van der Waals surface area (Å²) in [4.78, 5) is 35.8. The molecule has 0 aliphatic heterocycles. The topological polar surface area (TPSA) is 135 Å². The third-order valence-electron chi connectivity index (χ3n) is 4.20. The highest BCUT2D eigenvalue weighted by Gasteiger charge is 2.19. The Morgan fingerprint density at radius 2 is 2.03 bits per heavy atom. The standard InChI is InChI=1S/C21H25BrN6O3/c1-11(26-20(30)31-21(2,3)4)9-24-16-10-25-18(19(23)29)17(28-16)15-8-12-7-13(22)5-6-14(12)27-15/h5-8,10-11,27H,9H2,1-4H3,(H2,23,29)(H,24,28)(H,26,30)/t11-/m0/s1. The number of hydrogen-bond acceptors (Lipinski definition) is 6. The molecular formula is C21H25BrN6O3. The number of fused-ring (bicyclic) bond motifs is 1. The molecule has 164 valence electrons. The van der Waals surface area contributed by atoms with E-state index >= 15 is 0 Å². The number of nitrogens with zero attached hydrogens (tertiary/aromatic N) is 2. The number of nitrogens with two attached hydrogens (primary N) is 1. The first kappa shape index (κ1) is 22.5. The number of hydrogen-bond donors (Lipinski definition) is 4. The molecule has 1 aromatic carbocycles. The summed E-state index contributed by atoms with van der Waals surface area (Å²) in [7, 11) is 0. The van der Waals surface area contributed by atoms with Gasteiger partial charge < -0.3 is 26.1 Å². The van der Waals surface area contributed by atoms with E-state index < -0.39 is 17.6 Å². The molecule has 31 heavy (non-hydrogen) atoms. The highest BCUT2D eigenvalue weighted by Crippen LogP contribution is 2.27. The lowest BCUT2D eigenvalue weighted by Gasteiger charge is -2.22. The number of nitrogens with one attached hydrogen (secondary N) is 3. The van der Waals surface area contributed by atoms with Crippen molar-refractivity contribution in [2.75, 3.05) is 11.9 Å². The van der Waals surface area contributed by atoms with Crippen molar-refractivity contribution >= 4 is 44.7 Å². The van der Waals surface area contributed by atoms with Crippen LogP contribution in [0.15, 0.2) is 34.9 Å². The van der Waals surface area contributed by atoms with Gasteiger partial charge in [-0.05, 0) is 52.0 Å². The quantitative estimate of drug-likeness (QED) is 0.416. The zero-order valence-corrected chi connectivity index (χ0v) is 19.3. The lowest BCUT2D eigenvalue weighted by Crippen LogP contribution is -2.40. The molecule has 0 saturated carbocycles. The second-order valence-electron chi connectivity index (χ2n) is 8.16. The number of amides is 2. The number of aromatic nitrogens is 3. The van der Waals surface area contributed by atoms with Crippen LogP contribution in [0.4, 0.5) is 10.6 Å². The van der Waals surface area contributed by atoms with Gasteiger partial charge in [0, 0.05) is 28.0 Å². The number of primary amides is 1. The fraction of sp³-hybridized carbons (Fsp3) is 0.333. The minimum Gasteiger partial charge on any atom is -0.444 e. The fourth-order valence-electron chi connectivity index (χ4n) is 2.89. The average Bonchev–Trinajstić information content (AvgIpc) is 3.07. The molecule has 0 fully saturated rings. The van der Waals surface area contributed by atoms with Gasteiger partial charge in [-0.2, -0.15) is 0 Å². The van der Waals surface area contributed by atoms with Gasteiger partial charge in [-0.15, -0.1) is 0 Å². The lowest BCUT2D eigenvalue weighted by atomic mass is 10.2. The van der Waals surface area contributed by atoms with Crippen molar-refractivity contribution in [3.63, 3.8) is 0 Å². The highest BCUT2D eigenvalue weighted by atomic mass is 79.9. The van der Waals surface area contributed by atoms with Crippen molar-refractivity contribution in [3.05, 3.63) is 40.6 Å². The van der Waals surface area contributed by atoms with Crippen LogP contribution in [0.2, 0.25) is 0 Å². The van der Waals surface area contributed by atoms with E-state index in [1.807, 2.05) is 31.2 Å². The Morgan fingerprint density at radius 3 is 2.71 bits per heavy atom. The predicted octanol–water partition coefficient (Wildman–Crippen LogP) is 3.81. The van der Waals surface area contributed by atoms with E-state index in [9.17, 15) is 9.59 Å². The molecule has 1 atom stereocenters. The maximum Gasteiger partial charge on any atom is 0.407 e. The number of alkyl carbamates (subject to hydrolysis) is 1. The van der Waals surface area contributed by atoms with Crippen LogP contribution in [0, 0.1) is 0 Å². The first-order chi connectivity index (χ1) is 14.5. The maximum absolute atomic E-state index is 11.9. The fourth-order valence-corrected chi connectivity index (χ4v) is 3.27. The number of anilines is 1. The summed E-state index contributed by atoms with van der Waals surface area (Å²) in [5, 5.41) is 6.82. The van der Waals surface area contributed by atoms with Gasteiger partial charge in [-0.1, -0.05) is 15.9 Å². The van der Waals surface area contributed by atoms with Crippen LogP contribution >= 0.6 is 15.9 Å². The molecule has 2 heterocycles. The molecule has 10 heteroatoms. The smallest absolute Gasteiger partial charge is 0.407 e. The van der Waals surface area contributed by atoms with E-state index in [0.717, 1.165) is 15.4 Å². The number of benzene rings is 1. The number of halogens is 1. The third-order valence-corrected chi connectivity index (χ3v) is 4.69. The van der Waals surface area contributed by atoms with Crippen LogP contribution in [0.5, 0.6) is 0 Å². The maximum atomic E-state index is 11.9. The van der Waals surface area contributed by atoms with Gasteiger partial charge in [0.25, 0.3) is 5.91 Å². The Labute approximate surface area is 188 Å². The molecular weight excluding hydrogens is 464 g/mol. The molecule has 0 aliphatic carbocycles. The molecule has 3 rings (SSSR count). The van der Waals surface area contributed by atoms with Crippen molar-refractivity contribution in [3.8, 4) is 11.4 Å². The highest BCUT2D eigenvalue weighted by molar-refractivity contribution is 9.10. The first-order valence-corrected chi connectivity index (χ1v) is 10.5. The summed E-state index contributed by atoms with van der Waals surface area (Å²) in [6.45, 7) is 7.61. The zero-order valence-electron chi connectivity index (χ0n) is 17.7. The van der Waals surface area contributed by atoms with Crippen molar-refractivity contribution in [2.24, 2.45) is 5.73 Å². The average molecular weight is 489 g/mol. The normalized spacial score (nSPS) is 12.4. The number of H-pyrrole nitrogens is 1. The van der Waals surface area contributed by atoms with Crippen molar-refractivity contribution in [2.45, 2.75) is 39.3 Å². The number of carbonyl (C=O) groups excluding carboxylic acids is 2. The van der Waals surface area contributed by atoms with Crippen LogP contribution in [0.3, 0.4) is 0 Å². The molecule has 0 aliphatic rings. The van der Waals surface area contributed by atoms with E-state index in [4.69, 9.17) is 10.5 Å². The Morgan fingerprint density at radius 1 is 1.29 bits per heavy atom. The van der Waals surface area contributed by atoms with Crippen LogP contribution in [-0.2, 0) is 4.74 Å². The van der Waals surface area contributed by atoms with E-state index in [0.29, 0.717) is 23.8 Å².